The van der Waals surface area contributed by atoms with Crippen LogP contribution in [-0.2, 0) is 16.1 Å². The standard InChI is InChI=1S/C25H24Cl2FN5O3/c1-15-13-32-10-9-21(31(2)22(34)12-30-25(29)35)23(36-14-18-19(26)7-4-8-20(18)27)24(32)33(15)17-6-3-5-16(28)11-17/h3-9,11,13H,10,12,14H2,1-2H3,(H3,29,30,35). The SMILES string of the molecule is CC1=CN2CC=C(N(C)C(=O)CNC(N)=O)C(OCc3c(Cl)cccc3Cl)=C2N1c1cccc(F)c1. The minimum absolute atomic E-state index is 0.0140. The number of fused-ring (bicyclic) bond motifs is 1. The number of anilines is 1. The van der Waals surface area contributed by atoms with Crippen molar-refractivity contribution >= 4 is 40.8 Å². The number of hydrogen-bond acceptors (Lipinski definition) is 5. The van der Waals surface area contributed by atoms with Gasteiger partial charge in [-0.2, -0.15) is 0 Å². The summed E-state index contributed by atoms with van der Waals surface area (Å²) in [6.07, 6.45) is 3.74. The molecule has 0 saturated heterocycles. The van der Waals surface area contributed by atoms with Gasteiger partial charge in [0, 0.05) is 41.1 Å². The van der Waals surface area contributed by atoms with E-state index < -0.39 is 11.9 Å². The van der Waals surface area contributed by atoms with Crippen molar-refractivity contribution in [3.05, 3.63) is 99.1 Å². The number of amides is 3. The predicted octanol–water partition coefficient (Wildman–Crippen LogP) is 4.53. The molecule has 0 bridgehead atoms. The molecule has 0 unspecified atom stereocenters. The van der Waals surface area contributed by atoms with E-state index in [1.54, 1.807) is 37.4 Å². The summed E-state index contributed by atoms with van der Waals surface area (Å²) in [5.74, 6) is 0.151. The zero-order chi connectivity index (χ0) is 26.0. The molecule has 4 rings (SSSR count). The predicted molar refractivity (Wildman–Crippen MR) is 136 cm³/mol. The molecule has 0 atom stereocenters. The summed E-state index contributed by atoms with van der Waals surface area (Å²) >= 11 is 12.7. The van der Waals surface area contributed by atoms with Gasteiger partial charge in [-0.3, -0.25) is 9.69 Å². The molecule has 2 aliphatic rings. The van der Waals surface area contributed by atoms with Crippen LogP contribution in [0, 0.1) is 5.82 Å². The van der Waals surface area contributed by atoms with Gasteiger partial charge >= 0.3 is 6.03 Å². The molecule has 0 radical (unpaired) electrons. The van der Waals surface area contributed by atoms with E-state index in [2.05, 4.69) is 5.32 Å². The Morgan fingerprint density at radius 2 is 1.89 bits per heavy atom. The minimum atomic E-state index is -0.809. The van der Waals surface area contributed by atoms with E-state index in [-0.39, 0.29) is 19.0 Å². The first-order chi connectivity index (χ1) is 17.2. The highest BCUT2D eigenvalue weighted by Crippen LogP contribution is 2.40. The Kier molecular flexibility index (Phi) is 7.42. The number of primary amides is 1. The Hall–Kier alpha value is -3.69. The van der Waals surface area contributed by atoms with Gasteiger partial charge in [-0.25, -0.2) is 9.18 Å². The van der Waals surface area contributed by atoms with Crippen molar-refractivity contribution in [1.82, 2.24) is 15.1 Å². The molecule has 0 fully saturated rings. The Morgan fingerprint density at radius 3 is 2.56 bits per heavy atom. The first kappa shape index (κ1) is 25.4. The third-order valence-corrected chi connectivity index (χ3v) is 6.44. The van der Waals surface area contributed by atoms with Crippen LogP contribution in [0.4, 0.5) is 14.9 Å². The number of halogens is 3. The molecule has 2 heterocycles. The van der Waals surface area contributed by atoms with Crippen LogP contribution in [0.15, 0.2) is 77.7 Å². The van der Waals surface area contributed by atoms with Gasteiger partial charge in [-0.05, 0) is 43.3 Å². The van der Waals surface area contributed by atoms with Crippen LogP contribution in [0.5, 0.6) is 0 Å². The molecule has 8 nitrogen and oxygen atoms in total. The van der Waals surface area contributed by atoms with E-state index in [0.717, 1.165) is 5.70 Å². The molecule has 36 heavy (non-hydrogen) atoms. The van der Waals surface area contributed by atoms with Crippen LogP contribution in [0.1, 0.15) is 12.5 Å². The number of urea groups is 1. The molecule has 0 aliphatic carbocycles. The molecule has 0 saturated carbocycles. The minimum Gasteiger partial charge on any atom is -0.483 e. The summed E-state index contributed by atoms with van der Waals surface area (Å²) in [5.41, 5.74) is 7.58. The second-order valence-corrected chi connectivity index (χ2v) is 8.95. The molecule has 2 aliphatic heterocycles. The number of carbonyl (C=O) groups excluding carboxylic acids is 2. The van der Waals surface area contributed by atoms with Crippen LogP contribution in [0.2, 0.25) is 10.0 Å². The quantitative estimate of drug-likeness (QED) is 0.547. The van der Waals surface area contributed by atoms with Crippen molar-refractivity contribution in [1.29, 1.82) is 0 Å². The lowest BCUT2D eigenvalue weighted by atomic mass is 10.2. The zero-order valence-corrected chi connectivity index (χ0v) is 21.1. The summed E-state index contributed by atoms with van der Waals surface area (Å²) < 4.78 is 20.5. The third-order valence-electron chi connectivity index (χ3n) is 5.73. The number of benzene rings is 2. The molecule has 2 aromatic carbocycles. The van der Waals surface area contributed by atoms with Crippen LogP contribution < -0.4 is 16.0 Å². The van der Waals surface area contributed by atoms with Gasteiger partial charge in [0.05, 0.1) is 17.9 Å². The highest BCUT2D eigenvalue weighted by molar-refractivity contribution is 6.35. The number of allylic oxidation sites excluding steroid dienone is 1. The summed E-state index contributed by atoms with van der Waals surface area (Å²) in [4.78, 5) is 29.1. The summed E-state index contributed by atoms with van der Waals surface area (Å²) in [5, 5.41) is 3.17. The van der Waals surface area contributed by atoms with E-state index >= 15 is 0 Å². The fourth-order valence-corrected chi connectivity index (χ4v) is 4.51. The Morgan fingerprint density at radius 1 is 1.19 bits per heavy atom. The Balaban J connectivity index is 1.77. The number of carbonyl (C=O) groups is 2. The van der Waals surface area contributed by atoms with Gasteiger partial charge in [0.15, 0.2) is 11.6 Å². The van der Waals surface area contributed by atoms with Crippen molar-refractivity contribution in [2.75, 3.05) is 25.0 Å². The van der Waals surface area contributed by atoms with Gasteiger partial charge in [0.25, 0.3) is 0 Å². The van der Waals surface area contributed by atoms with Gasteiger partial charge in [-0.15, -0.1) is 0 Å². The van der Waals surface area contributed by atoms with Gasteiger partial charge < -0.3 is 25.6 Å². The molecule has 2 aromatic rings. The Bertz CT molecular complexity index is 1290. The highest BCUT2D eigenvalue weighted by Gasteiger charge is 2.36. The number of nitrogens with one attached hydrogen (secondary N) is 1. The topological polar surface area (TPSA) is 91.1 Å². The molecule has 11 heteroatoms. The third kappa shape index (κ3) is 5.12. The number of rotatable bonds is 7. The molecule has 0 spiro atoms. The number of ether oxygens (including phenoxy) is 1. The largest absolute Gasteiger partial charge is 0.483 e. The maximum absolute atomic E-state index is 14.1. The summed E-state index contributed by atoms with van der Waals surface area (Å²) in [6, 6.07) is 10.5. The van der Waals surface area contributed by atoms with Crippen molar-refractivity contribution in [3.8, 4) is 0 Å². The number of hydrogen-bond donors (Lipinski definition) is 2. The fourth-order valence-electron chi connectivity index (χ4n) is 4.00. The number of nitrogens with two attached hydrogens (primary N) is 1. The molecule has 3 N–H and O–H groups in total. The van der Waals surface area contributed by atoms with E-state index in [9.17, 15) is 14.0 Å². The molecular weight excluding hydrogens is 508 g/mol. The molecule has 3 amide bonds. The molecule has 0 aromatic heterocycles. The average molecular weight is 532 g/mol. The zero-order valence-electron chi connectivity index (χ0n) is 19.6. The van der Waals surface area contributed by atoms with Crippen LogP contribution in [0.3, 0.4) is 0 Å². The fraction of sp³-hybridized carbons (Fsp3) is 0.200. The van der Waals surface area contributed by atoms with Crippen molar-refractivity contribution < 1.29 is 18.7 Å². The van der Waals surface area contributed by atoms with E-state index in [1.807, 2.05) is 29.0 Å². The summed E-state index contributed by atoms with van der Waals surface area (Å²) in [6.45, 7) is 2.04. The van der Waals surface area contributed by atoms with Gasteiger partial charge in [0.1, 0.15) is 12.4 Å². The van der Waals surface area contributed by atoms with Gasteiger partial charge in [0.2, 0.25) is 5.91 Å². The average Bonchev–Trinajstić information content (AvgIpc) is 3.17. The lowest BCUT2D eigenvalue weighted by molar-refractivity contribution is -0.127. The normalized spacial score (nSPS) is 14.8. The van der Waals surface area contributed by atoms with Crippen molar-refractivity contribution in [2.45, 2.75) is 13.5 Å². The smallest absolute Gasteiger partial charge is 0.312 e. The van der Waals surface area contributed by atoms with E-state index in [0.29, 0.717) is 45.1 Å². The van der Waals surface area contributed by atoms with Crippen LogP contribution in [0.25, 0.3) is 0 Å². The van der Waals surface area contributed by atoms with E-state index in [1.165, 1.54) is 17.0 Å². The molecular formula is C25H24Cl2FN5O3. The second kappa shape index (κ2) is 10.5. The first-order valence-electron chi connectivity index (χ1n) is 11.0. The molecule has 188 valence electrons. The summed E-state index contributed by atoms with van der Waals surface area (Å²) in [7, 11) is 1.57. The highest BCUT2D eigenvalue weighted by atomic mass is 35.5. The maximum Gasteiger partial charge on any atom is 0.312 e. The van der Waals surface area contributed by atoms with Crippen molar-refractivity contribution in [3.63, 3.8) is 0 Å². The second-order valence-electron chi connectivity index (χ2n) is 8.14. The monoisotopic (exact) mass is 531 g/mol. The number of nitrogens with zero attached hydrogens (tertiary/aromatic N) is 3. The van der Waals surface area contributed by atoms with Crippen LogP contribution in [-0.4, -0.2) is 41.9 Å². The Labute approximate surface area is 218 Å². The lowest BCUT2D eigenvalue weighted by Crippen LogP contribution is -2.42. The van der Waals surface area contributed by atoms with Crippen molar-refractivity contribution in [2.24, 2.45) is 5.73 Å². The van der Waals surface area contributed by atoms with E-state index in [4.69, 9.17) is 33.7 Å². The number of likely N-dealkylation sites (N-methyl/N-ethyl adjacent to an activating group) is 1. The lowest BCUT2D eigenvalue weighted by Gasteiger charge is -2.34. The maximum atomic E-state index is 14.1. The van der Waals surface area contributed by atoms with Crippen LogP contribution >= 0.6 is 23.2 Å². The van der Waals surface area contributed by atoms with Gasteiger partial charge in [-0.1, -0.05) is 35.3 Å². The first-order valence-corrected chi connectivity index (χ1v) is 11.7.